The van der Waals surface area contributed by atoms with Gasteiger partial charge in [0.25, 0.3) is 5.91 Å². The molecule has 1 aromatic carbocycles. The first kappa shape index (κ1) is 12.8. The zero-order valence-corrected chi connectivity index (χ0v) is 9.59. The molecule has 0 atom stereocenters. The Kier molecular flexibility index (Phi) is 5.30. The minimum absolute atomic E-state index is 0.349. The van der Waals surface area contributed by atoms with E-state index in [2.05, 4.69) is 10.5 Å². The summed E-state index contributed by atoms with van der Waals surface area (Å²) in [5.74, 6) is 0.388. The second kappa shape index (κ2) is 7.05. The van der Waals surface area contributed by atoms with Crippen LogP contribution in [0.15, 0.2) is 35.4 Å². The number of nitrogens with one attached hydrogen (secondary N) is 1. The van der Waals surface area contributed by atoms with E-state index in [1.165, 1.54) is 6.08 Å². The molecule has 0 bridgehead atoms. The summed E-state index contributed by atoms with van der Waals surface area (Å²) in [5, 5.41) is 3.41. The molecule has 0 aliphatic rings. The van der Waals surface area contributed by atoms with Gasteiger partial charge in [0.1, 0.15) is 12.1 Å². The molecule has 0 aromatic heterocycles. The fraction of sp³-hybridized carbons (Fsp3) is 0.167. The lowest BCUT2D eigenvalue weighted by molar-refractivity contribution is -0.116. The minimum atomic E-state index is -0.349. The van der Waals surface area contributed by atoms with Crippen molar-refractivity contribution in [1.29, 1.82) is 0 Å². The van der Waals surface area contributed by atoms with Crippen molar-refractivity contribution < 1.29 is 9.53 Å². The largest absolute Gasteiger partial charge is 0.493 e. The molecule has 3 N–H and O–H groups in total. The number of benzene rings is 1. The number of rotatable bonds is 5. The Morgan fingerprint density at radius 3 is 3.00 bits per heavy atom. The molecule has 1 rings (SSSR count). The highest BCUT2D eigenvalue weighted by Crippen LogP contribution is 2.19. The summed E-state index contributed by atoms with van der Waals surface area (Å²) in [6, 6.07) is 7.46. The van der Waals surface area contributed by atoms with E-state index in [1.807, 2.05) is 31.2 Å². The maximum Gasteiger partial charge on any atom is 0.264 e. The van der Waals surface area contributed by atoms with Gasteiger partial charge in [-0.25, -0.2) is 5.43 Å². The van der Waals surface area contributed by atoms with Crippen LogP contribution < -0.4 is 15.9 Å². The van der Waals surface area contributed by atoms with Crippen LogP contribution in [0.1, 0.15) is 12.5 Å². The van der Waals surface area contributed by atoms with Crippen LogP contribution >= 0.6 is 0 Å². The quantitative estimate of drug-likeness (QED) is 0.346. The summed E-state index contributed by atoms with van der Waals surface area (Å²) in [6.45, 7) is 2.48. The van der Waals surface area contributed by atoms with Crippen molar-refractivity contribution in [2.24, 2.45) is 10.8 Å². The molecule has 0 fully saturated rings. The molecule has 1 aromatic rings. The summed E-state index contributed by atoms with van der Waals surface area (Å²) in [4.78, 5) is 11.2. The predicted molar refractivity (Wildman–Crippen MR) is 67.5 cm³/mol. The molecule has 5 heteroatoms. The molecule has 0 saturated heterocycles. The number of ether oxygens (including phenoxy) is 1. The molecular formula is C12H15N3O2. The first-order chi connectivity index (χ1) is 8.27. The first-order valence-electron chi connectivity index (χ1n) is 5.21. The number of hydrogen-bond acceptors (Lipinski definition) is 3. The van der Waals surface area contributed by atoms with Crippen LogP contribution in [0.3, 0.4) is 0 Å². The summed E-state index contributed by atoms with van der Waals surface area (Å²) < 4.78 is 5.42. The van der Waals surface area contributed by atoms with E-state index in [-0.39, 0.29) is 5.91 Å². The molecule has 90 valence electrons. The molecular weight excluding hydrogens is 218 g/mol. The lowest BCUT2D eigenvalue weighted by atomic mass is 10.2. The molecule has 17 heavy (non-hydrogen) atoms. The molecule has 0 radical (unpaired) electrons. The van der Waals surface area contributed by atoms with E-state index in [0.29, 0.717) is 6.61 Å². The van der Waals surface area contributed by atoms with Crippen LogP contribution in [0, 0.1) is 0 Å². The number of carbonyl (C=O) groups is 1. The van der Waals surface area contributed by atoms with E-state index >= 15 is 0 Å². The number of nitrogens with two attached hydrogens (primary N) is 1. The third-order valence-electron chi connectivity index (χ3n) is 1.88. The fourth-order valence-electron chi connectivity index (χ4n) is 1.21. The summed E-state index contributed by atoms with van der Waals surface area (Å²) in [7, 11) is 0. The van der Waals surface area contributed by atoms with Crippen molar-refractivity contribution in [3.63, 3.8) is 0 Å². The zero-order valence-electron chi connectivity index (χ0n) is 9.59. The van der Waals surface area contributed by atoms with Gasteiger partial charge in [-0.3, -0.25) is 4.79 Å². The number of carbonyl (C=O) groups excluding carboxylic acids is 1. The number of hydrogen-bond donors (Lipinski definition) is 2. The Hall–Kier alpha value is -2.30. The first-order valence-corrected chi connectivity index (χ1v) is 5.21. The Bertz CT molecular complexity index is 428. The molecule has 0 heterocycles. The van der Waals surface area contributed by atoms with E-state index in [0.717, 1.165) is 17.7 Å². The topological polar surface area (TPSA) is 76.7 Å². The van der Waals surface area contributed by atoms with E-state index in [1.54, 1.807) is 6.08 Å². The van der Waals surface area contributed by atoms with Crippen LogP contribution in [0.2, 0.25) is 0 Å². The van der Waals surface area contributed by atoms with E-state index in [4.69, 9.17) is 10.5 Å². The van der Waals surface area contributed by atoms with E-state index < -0.39 is 0 Å². The van der Waals surface area contributed by atoms with Crippen LogP contribution in [-0.4, -0.2) is 18.9 Å². The van der Waals surface area contributed by atoms with Gasteiger partial charge >= 0.3 is 0 Å². The number of hydrazone groups is 1. The fourth-order valence-corrected chi connectivity index (χ4v) is 1.21. The number of para-hydroxylation sites is 1. The molecule has 5 nitrogen and oxygen atoms in total. The maximum absolute atomic E-state index is 11.2. The molecule has 0 unspecified atom stereocenters. The van der Waals surface area contributed by atoms with Crippen molar-refractivity contribution in [3.05, 3.63) is 35.9 Å². The van der Waals surface area contributed by atoms with Gasteiger partial charge in [-0.1, -0.05) is 18.2 Å². The zero-order chi connectivity index (χ0) is 12.5. The van der Waals surface area contributed by atoms with Gasteiger partial charge in [0.05, 0.1) is 6.61 Å². The van der Waals surface area contributed by atoms with Crippen molar-refractivity contribution in [2.75, 3.05) is 6.61 Å². The van der Waals surface area contributed by atoms with Gasteiger partial charge in [0.2, 0.25) is 0 Å². The molecule has 1 amide bonds. The number of amides is 1. The van der Waals surface area contributed by atoms with Gasteiger partial charge < -0.3 is 10.5 Å². The summed E-state index contributed by atoms with van der Waals surface area (Å²) in [5.41, 5.74) is 8.06. The van der Waals surface area contributed by atoms with Crippen LogP contribution in [0.4, 0.5) is 0 Å². The minimum Gasteiger partial charge on any atom is -0.493 e. The molecule has 0 saturated carbocycles. The van der Waals surface area contributed by atoms with Gasteiger partial charge in [0.15, 0.2) is 0 Å². The lowest BCUT2D eigenvalue weighted by Gasteiger charge is -2.05. The summed E-state index contributed by atoms with van der Waals surface area (Å²) in [6.07, 6.45) is 4.04. The summed E-state index contributed by atoms with van der Waals surface area (Å²) >= 11 is 0. The van der Waals surface area contributed by atoms with E-state index in [9.17, 15) is 4.79 Å². The van der Waals surface area contributed by atoms with Crippen molar-refractivity contribution in [3.8, 4) is 5.75 Å². The lowest BCUT2D eigenvalue weighted by Crippen LogP contribution is -2.15. The van der Waals surface area contributed by atoms with Crippen LogP contribution in [-0.2, 0) is 4.79 Å². The Labute approximate surface area is 100.0 Å². The Balaban J connectivity index is 2.73. The second-order valence-corrected chi connectivity index (χ2v) is 3.06. The smallest absolute Gasteiger partial charge is 0.264 e. The third-order valence-corrected chi connectivity index (χ3v) is 1.88. The normalized spacial score (nSPS) is 10.9. The molecule has 0 aliphatic heterocycles. The highest BCUT2D eigenvalue weighted by Gasteiger charge is 1.99. The van der Waals surface area contributed by atoms with Crippen LogP contribution in [0.25, 0.3) is 6.08 Å². The average Bonchev–Trinajstić information content (AvgIpc) is 2.35. The SMILES string of the molecule is CCOc1ccccc1/C=C/C(=O)N/N=C/N. The van der Waals surface area contributed by atoms with Crippen molar-refractivity contribution >= 4 is 18.3 Å². The van der Waals surface area contributed by atoms with Crippen molar-refractivity contribution in [2.45, 2.75) is 6.92 Å². The predicted octanol–water partition coefficient (Wildman–Crippen LogP) is 1.12. The standard InChI is InChI=1S/C12H15N3O2/c1-2-17-11-6-4-3-5-10(11)7-8-12(16)15-14-9-13/h3-9H,2H2,1H3,(H2,13,14)(H,15,16)/b8-7+. The average molecular weight is 233 g/mol. The van der Waals surface area contributed by atoms with Gasteiger partial charge in [-0.15, -0.1) is 0 Å². The molecule has 0 aliphatic carbocycles. The number of nitrogens with zero attached hydrogens (tertiary/aromatic N) is 1. The Morgan fingerprint density at radius 2 is 2.29 bits per heavy atom. The second-order valence-electron chi connectivity index (χ2n) is 3.06. The Morgan fingerprint density at radius 1 is 1.53 bits per heavy atom. The highest BCUT2D eigenvalue weighted by molar-refractivity contribution is 5.92. The monoisotopic (exact) mass is 233 g/mol. The van der Waals surface area contributed by atoms with Crippen molar-refractivity contribution in [1.82, 2.24) is 5.43 Å². The molecule has 0 spiro atoms. The highest BCUT2D eigenvalue weighted by atomic mass is 16.5. The van der Waals surface area contributed by atoms with Gasteiger partial charge in [-0.2, -0.15) is 5.10 Å². The third kappa shape index (κ3) is 4.38. The van der Waals surface area contributed by atoms with Crippen LogP contribution in [0.5, 0.6) is 5.75 Å². The van der Waals surface area contributed by atoms with Gasteiger partial charge in [-0.05, 0) is 19.1 Å². The maximum atomic E-state index is 11.2. The van der Waals surface area contributed by atoms with Gasteiger partial charge in [0, 0.05) is 11.6 Å².